The van der Waals surface area contributed by atoms with Crippen LogP contribution in [0.1, 0.15) is 52.9 Å². The van der Waals surface area contributed by atoms with Gasteiger partial charge in [-0.1, -0.05) is 13.8 Å². The van der Waals surface area contributed by atoms with Crippen LogP contribution >= 0.6 is 0 Å². The van der Waals surface area contributed by atoms with Gasteiger partial charge < -0.3 is 10.8 Å². The minimum absolute atomic E-state index is 0.152. The molecule has 1 unspecified atom stereocenters. The first kappa shape index (κ1) is 14.9. The van der Waals surface area contributed by atoms with Gasteiger partial charge in [-0.25, -0.2) is 0 Å². The smallest absolute Gasteiger partial charge is 0.0639 e. The zero-order valence-electron chi connectivity index (χ0n) is 11.8. The van der Waals surface area contributed by atoms with Crippen molar-refractivity contribution in [1.82, 2.24) is 4.90 Å². The predicted molar refractivity (Wildman–Crippen MR) is 73.0 cm³/mol. The molecule has 0 bridgehead atoms. The maximum Gasteiger partial charge on any atom is 0.0639 e. The van der Waals surface area contributed by atoms with E-state index in [1.54, 1.807) is 0 Å². The molecule has 0 aliphatic heterocycles. The summed E-state index contributed by atoms with van der Waals surface area (Å²) in [6.45, 7) is 8.95. The summed E-state index contributed by atoms with van der Waals surface area (Å²) in [7, 11) is 0. The van der Waals surface area contributed by atoms with E-state index in [4.69, 9.17) is 5.73 Å². The maximum absolute atomic E-state index is 9.66. The minimum atomic E-state index is -0.260. The van der Waals surface area contributed by atoms with Crippen molar-refractivity contribution in [3.63, 3.8) is 0 Å². The first-order chi connectivity index (χ1) is 8.04. The molecule has 0 aromatic heterocycles. The zero-order valence-corrected chi connectivity index (χ0v) is 11.8. The van der Waals surface area contributed by atoms with E-state index in [1.807, 2.05) is 6.92 Å². The van der Waals surface area contributed by atoms with Crippen molar-refractivity contribution in [2.75, 3.05) is 19.6 Å². The Morgan fingerprint density at radius 3 is 2.41 bits per heavy atom. The van der Waals surface area contributed by atoms with Crippen LogP contribution in [0.2, 0.25) is 0 Å². The summed E-state index contributed by atoms with van der Waals surface area (Å²) in [6.07, 6.45) is 5.80. The number of hydrogen-bond donors (Lipinski definition) is 2. The fraction of sp³-hybridized carbons (Fsp3) is 1.00. The molecule has 1 rings (SSSR count). The lowest BCUT2D eigenvalue weighted by atomic mass is 9.75. The van der Waals surface area contributed by atoms with E-state index in [-0.39, 0.29) is 11.6 Å². The Kier molecular flexibility index (Phi) is 5.90. The Morgan fingerprint density at radius 2 is 2.00 bits per heavy atom. The standard InChI is InChI=1S/C14H30N2O/c1-4-9-16(10-13(3)17)14(11-15)7-5-12(2)6-8-14/h12-13,17H,4-11,15H2,1-3H3. The highest BCUT2D eigenvalue weighted by Crippen LogP contribution is 2.36. The van der Waals surface area contributed by atoms with Gasteiger partial charge in [0.05, 0.1) is 6.10 Å². The van der Waals surface area contributed by atoms with Gasteiger partial charge in [0.25, 0.3) is 0 Å². The van der Waals surface area contributed by atoms with Crippen LogP contribution in [0.3, 0.4) is 0 Å². The van der Waals surface area contributed by atoms with Crippen LogP contribution < -0.4 is 5.73 Å². The van der Waals surface area contributed by atoms with Crippen molar-refractivity contribution in [3.05, 3.63) is 0 Å². The SMILES string of the molecule is CCCN(CC(C)O)C1(CN)CCC(C)CC1. The van der Waals surface area contributed by atoms with Crippen molar-refractivity contribution < 1.29 is 5.11 Å². The number of aliphatic hydroxyl groups excluding tert-OH is 1. The van der Waals surface area contributed by atoms with Gasteiger partial charge >= 0.3 is 0 Å². The molecular formula is C14H30N2O. The van der Waals surface area contributed by atoms with Crippen LogP contribution in [0.15, 0.2) is 0 Å². The summed E-state index contributed by atoms with van der Waals surface area (Å²) >= 11 is 0. The fourth-order valence-electron chi connectivity index (χ4n) is 3.06. The molecule has 102 valence electrons. The quantitative estimate of drug-likeness (QED) is 0.749. The van der Waals surface area contributed by atoms with Gasteiger partial charge in [-0.15, -0.1) is 0 Å². The highest BCUT2D eigenvalue weighted by molar-refractivity contribution is 4.95. The van der Waals surface area contributed by atoms with Crippen LogP contribution in [0.4, 0.5) is 0 Å². The molecule has 0 saturated heterocycles. The Bertz CT molecular complexity index is 210. The summed E-state index contributed by atoms with van der Waals surface area (Å²) in [6, 6.07) is 0. The lowest BCUT2D eigenvalue weighted by molar-refractivity contribution is 0.0115. The molecule has 0 aromatic carbocycles. The molecule has 0 spiro atoms. The van der Waals surface area contributed by atoms with Crippen LogP contribution in [0, 0.1) is 5.92 Å². The molecule has 0 heterocycles. The molecule has 1 atom stereocenters. The second kappa shape index (κ2) is 6.72. The number of nitrogens with two attached hydrogens (primary N) is 1. The molecule has 3 N–H and O–H groups in total. The van der Waals surface area contributed by atoms with Crippen LogP contribution in [0.5, 0.6) is 0 Å². The first-order valence-electron chi connectivity index (χ1n) is 7.17. The van der Waals surface area contributed by atoms with E-state index in [0.717, 1.165) is 32.0 Å². The van der Waals surface area contributed by atoms with E-state index < -0.39 is 0 Å². The van der Waals surface area contributed by atoms with Crippen molar-refractivity contribution in [2.45, 2.75) is 64.5 Å². The summed E-state index contributed by atoms with van der Waals surface area (Å²) in [5.41, 5.74) is 6.22. The molecular weight excluding hydrogens is 212 g/mol. The van der Waals surface area contributed by atoms with E-state index in [0.29, 0.717) is 0 Å². The van der Waals surface area contributed by atoms with Gasteiger partial charge in [-0.05, 0) is 51.5 Å². The third kappa shape index (κ3) is 3.94. The number of aliphatic hydroxyl groups is 1. The van der Waals surface area contributed by atoms with Crippen LogP contribution in [-0.4, -0.2) is 41.3 Å². The third-order valence-electron chi connectivity index (χ3n) is 4.23. The zero-order chi connectivity index (χ0) is 12.9. The molecule has 0 aromatic rings. The molecule has 0 radical (unpaired) electrons. The topological polar surface area (TPSA) is 49.5 Å². The monoisotopic (exact) mass is 242 g/mol. The Labute approximate surface area is 106 Å². The normalized spacial score (nSPS) is 31.8. The number of rotatable bonds is 6. The second-order valence-electron chi connectivity index (χ2n) is 5.91. The molecule has 1 aliphatic carbocycles. The molecule has 1 fully saturated rings. The van der Waals surface area contributed by atoms with E-state index in [2.05, 4.69) is 18.7 Å². The summed E-state index contributed by atoms with van der Waals surface area (Å²) in [5, 5.41) is 9.66. The highest BCUT2D eigenvalue weighted by Gasteiger charge is 2.38. The number of β-amino-alcohol motifs (C(OH)–C–C–N with tert-alkyl or cyclic N) is 1. The van der Waals surface area contributed by atoms with Crippen molar-refractivity contribution in [2.24, 2.45) is 11.7 Å². The Hall–Kier alpha value is -0.120. The fourth-order valence-corrected chi connectivity index (χ4v) is 3.06. The third-order valence-corrected chi connectivity index (χ3v) is 4.23. The highest BCUT2D eigenvalue weighted by atomic mass is 16.3. The van der Waals surface area contributed by atoms with Crippen LogP contribution in [0.25, 0.3) is 0 Å². The average Bonchev–Trinajstić information content (AvgIpc) is 2.30. The molecule has 3 nitrogen and oxygen atoms in total. The molecule has 1 saturated carbocycles. The number of hydrogen-bond acceptors (Lipinski definition) is 3. The molecule has 1 aliphatic rings. The van der Waals surface area contributed by atoms with Crippen molar-refractivity contribution in [1.29, 1.82) is 0 Å². The average molecular weight is 242 g/mol. The van der Waals surface area contributed by atoms with E-state index in [1.165, 1.54) is 25.7 Å². The summed E-state index contributed by atoms with van der Waals surface area (Å²) < 4.78 is 0. The number of nitrogens with zero attached hydrogens (tertiary/aromatic N) is 1. The van der Waals surface area contributed by atoms with Gasteiger partial charge in [0.2, 0.25) is 0 Å². The van der Waals surface area contributed by atoms with Crippen molar-refractivity contribution >= 4 is 0 Å². The first-order valence-corrected chi connectivity index (χ1v) is 7.17. The van der Waals surface area contributed by atoms with Gasteiger partial charge in [-0.2, -0.15) is 0 Å². The minimum Gasteiger partial charge on any atom is -0.392 e. The van der Waals surface area contributed by atoms with Gasteiger partial charge in [0.1, 0.15) is 0 Å². The lowest BCUT2D eigenvalue weighted by Crippen LogP contribution is -2.57. The van der Waals surface area contributed by atoms with Gasteiger partial charge in [-0.3, -0.25) is 4.90 Å². The largest absolute Gasteiger partial charge is 0.392 e. The second-order valence-corrected chi connectivity index (χ2v) is 5.91. The molecule has 0 amide bonds. The lowest BCUT2D eigenvalue weighted by Gasteiger charge is -2.47. The Morgan fingerprint density at radius 1 is 1.41 bits per heavy atom. The van der Waals surface area contributed by atoms with E-state index in [9.17, 15) is 5.11 Å². The summed E-state index contributed by atoms with van der Waals surface area (Å²) in [5.74, 6) is 0.838. The van der Waals surface area contributed by atoms with Crippen LogP contribution in [-0.2, 0) is 0 Å². The molecule has 3 heteroatoms. The van der Waals surface area contributed by atoms with Gasteiger partial charge in [0, 0.05) is 18.6 Å². The maximum atomic E-state index is 9.66. The predicted octanol–water partition coefficient (Wildman–Crippen LogP) is 1.99. The Balaban J connectivity index is 2.72. The van der Waals surface area contributed by atoms with Gasteiger partial charge in [0.15, 0.2) is 0 Å². The summed E-state index contributed by atoms with van der Waals surface area (Å²) in [4.78, 5) is 2.45. The van der Waals surface area contributed by atoms with E-state index >= 15 is 0 Å². The molecule has 17 heavy (non-hydrogen) atoms. The van der Waals surface area contributed by atoms with Crippen molar-refractivity contribution in [3.8, 4) is 0 Å².